The average Bonchev–Trinajstić information content (AvgIpc) is 3.63. The summed E-state index contributed by atoms with van der Waals surface area (Å²) in [6.45, 7) is -0.736. The number of aliphatic hydroxyl groups excluding tert-OH is 2. The van der Waals surface area contributed by atoms with Gasteiger partial charge in [0.05, 0.1) is 36.3 Å². The van der Waals surface area contributed by atoms with Crippen LogP contribution in [-0.2, 0) is 10.0 Å². The second-order valence-electron chi connectivity index (χ2n) is 10.3. The molecule has 2 aromatic heterocycles. The van der Waals surface area contributed by atoms with Crippen molar-refractivity contribution in [3.05, 3.63) is 18.0 Å². The van der Waals surface area contributed by atoms with Gasteiger partial charge in [-0.1, -0.05) is 31.0 Å². The Labute approximate surface area is 249 Å². The molecule has 0 spiro atoms. The number of thioether (sulfide) groups is 1. The minimum absolute atomic E-state index is 0.0167. The van der Waals surface area contributed by atoms with Crippen LogP contribution < -0.4 is 20.3 Å². The molecule has 1 aliphatic carbocycles. The number of amides is 1. The third-order valence-corrected chi connectivity index (χ3v) is 9.58. The molecule has 1 saturated carbocycles. The molecule has 0 unspecified atom stereocenters. The van der Waals surface area contributed by atoms with Crippen LogP contribution in [0.1, 0.15) is 49.0 Å². The number of aromatic nitrogens is 3. The highest BCUT2D eigenvalue weighted by Crippen LogP contribution is 2.32. The maximum Gasteiger partial charge on any atom is 0.276 e. The highest BCUT2D eigenvalue weighted by Gasteiger charge is 2.34. The van der Waals surface area contributed by atoms with Crippen LogP contribution >= 0.6 is 11.8 Å². The lowest BCUT2D eigenvalue weighted by molar-refractivity contribution is 0.0740. The van der Waals surface area contributed by atoms with Gasteiger partial charge < -0.3 is 25.7 Å². The minimum atomic E-state index is -4.41. The number of rotatable bonds is 14. The van der Waals surface area contributed by atoms with Crippen molar-refractivity contribution in [2.24, 2.45) is 5.92 Å². The Morgan fingerprint density at radius 1 is 1.14 bits per heavy atom. The molecule has 240 valence electrons. The van der Waals surface area contributed by atoms with Crippen LogP contribution in [0.3, 0.4) is 0 Å². The number of nitrogens with zero attached hydrogens (tertiary/aromatic N) is 4. The van der Waals surface area contributed by atoms with Crippen molar-refractivity contribution in [3.63, 3.8) is 0 Å². The second kappa shape index (κ2) is 14.8. The summed E-state index contributed by atoms with van der Waals surface area (Å²) in [5.41, 5.74) is -0.229. The van der Waals surface area contributed by atoms with Crippen molar-refractivity contribution in [1.82, 2.24) is 25.3 Å². The number of aliphatic hydroxyl groups is 2. The van der Waals surface area contributed by atoms with Gasteiger partial charge in [0, 0.05) is 19.2 Å². The van der Waals surface area contributed by atoms with Crippen LogP contribution in [0.2, 0.25) is 0 Å². The summed E-state index contributed by atoms with van der Waals surface area (Å²) in [4.78, 5) is 18.4. The quantitative estimate of drug-likeness (QED) is 0.114. The molecule has 5 N–H and O–H groups in total. The third kappa shape index (κ3) is 8.90. The number of anilines is 2. The predicted molar refractivity (Wildman–Crippen MR) is 147 cm³/mol. The number of carbonyl (C=O) groups excluding carboxylic acids is 1. The molecular formula is C24H33F4N7O6S2. The lowest BCUT2D eigenvalue weighted by Gasteiger charge is -2.34. The van der Waals surface area contributed by atoms with Crippen LogP contribution in [-0.4, -0.2) is 96.4 Å². The Hall–Kier alpha value is -2.74. The first-order chi connectivity index (χ1) is 20.4. The molecule has 13 nitrogen and oxygen atoms in total. The Morgan fingerprint density at radius 2 is 1.88 bits per heavy atom. The molecule has 0 bridgehead atoms. The Balaban J connectivity index is 1.58. The highest BCUT2D eigenvalue weighted by atomic mass is 32.2. The zero-order valence-electron chi connectivity index (χ0n) is 22.8. The summed E-state index contributed by atoms with van der Waals surface area (Å²) in [6, 6.07) is 0.408. The molecule has 2 aromatic rings. The first-order valence-corrected chi connectivity index (χ1v) is 16.1. The maximum absolute atomic E-state index is 13.1. The van der Waals surface area contributed by atoms with Crippen LogP contribution in [0.15, 0.2) is 26.8 Å². The number of hydrogen-bond donors (Lipinski definition) is 5. The van der Waals surface area contributed by atoms with Crippen molar-refractivity contribution in [2.45, 2.75) is 79.7 Å². The normalized spacial score (nSPS) is 19.6. The Morgan fingerprint density at radius 3 is 2.53 bits per heavy atom. The van der Waals surface area contributed by atoms with Gasteiger partial charge >= 0.3 is 0 Å². The second-order valence-corrected chi connectivity index (χ2v) is 13.0. The zero-order chi connectivity index (χ0) is 31.1. The fourth-order valence-electron chi connectivity index (χ4n) is 5.14. The summed E-state index contributed by atoms with van der Waals surface area (Å²) in [5.74, 6) is -1.59. The third-order valence-electron chi connectivity index (χ3n) is 7.18. The summed E-state index contributed by atoms with van der Waals surface area (Å²) in [6.07, 6.45) is -2.43. The Bertz CT molecular complexity index is 1330. The van der Waals surface area contributed by atoms with Gasteiger partial charge in [-0.25, -0.2) is 40.3 Å². The van der Waals surface area contributed by atoms with E-state index in [2.05, 4.69) is 30.6 Å². The van der Waals surface area contributed by atoms with Crippen molar-refractivity contribution in [3.8, 4) is 0 Å². The first kappa shape index (κ1) is 33.2. The molecule has 43 heavy (non-hydrogen) atoms. The van der Waals surface area contributed by atoms with E-state index in [9.17, 15) is 41.0 Å². The van der Waals surface area contributed by atoms with E-state index in [1.54, 1.807) is 4.90 Å². The number of pyridine rings is 1. The molecule has 0 aromatic carbocycles. The Kier molecular flexibility index (Phi) is 11.4. The van der Waals surface area contributed by atoms with E-state index in [0.29, 0.717) is 31.0 Å². The van der Waals surface area contributed by atoms with Crippen molar-refractivity contribution < 1.29 is 45.6 Å². The number of hydrogen-bond acceptors (Lipinski definition) is 12. The molecule has 3 heterocycles. The van der Waals surface area contributed by atoms with Gasteiger partial charge in [0.25, 0.3) is 12.3 Å². The van der Waals surface area contributed by atoms with E-state index in [0.717, 1.165) is 25.5 Å². The standard InChI is InChI=1S/C24H33F4N7O6S2/c25-17(26)10-30-43(39,40)16-9-29-19(8-15(16)35-7-6-14(36)11-35)31-22(37)20(13-4-2-1-3-5-13)32-23(38)21-24(34-41-33-21)42-12-18(27)28/h8-9,13-14,17-18,20,22,30,36-37H,1-7,10-12H2,(H,29,31)(H,32,38)/t14-,20-,22-/m0/s1. The monoisotopic (exact) mass is 655 g/mol. The summed E-state index contributed by atoms with van der Waals surface area (Å²) in [7, 11) is -4.41. The number of nitrogens with one attached hydrogen (secondary N) is 3. The molecule has 1 amide bonds. The number of halogens is 4. The fourth-order valence-corrected chi connectivity index (χ4v) is 6.93. The first-order valence-electron chi connectivity index (χ1n) is 13.6. The van der Waals surface area contributed by atoms with Gasteiger partial charge in [0.1, 0.15) is 16.9 Å². The lowest BCUT2D eigenvalue weighted by atomic mass is 9.83. The van der Waals surface area contributed by atoms with Gasteiger partial charge in [-0.3, -0.25) is 4.79 Å². The van der Waals surface area contributed by atoms with Gasteiger partial charge in [-0.15, -0.1) is 0 Å². The minimum Gasteiger partial charge on any atom is -0.391 e. The van der Waals surface area contributed by atoms with E-state index in [4.69, 9.17) is 0 Å². The smallest absolute Gasteiger partial charge is 0.276 e. The molecule has 2 fully saturated rings. The largest absolute Gasteiger partial charge is 0.391 e. The van der Waals surface area contributed by atoms with Gasteiger partial charge in [-0.05, 0) is 35.5 Å². The van der Waals surface area contributed by atoms with Crippen LogP contribution in [0.5, 0.6) is 0 Å². The van der Waals surface area contributed by atoms with Gasteiger partial charge in [-0.2, -0.15) is 0 Å². The average molecular weight is 656 g/mol. The topological polar surface area (TPSA) is 183 Å². The van der Waals surface area contributed by atoms with Crippen LogP contribution in [0, 0.1) is 5.92 Å². The number of carbonyl (C=O) groups is 1. The molecule has 1 saturated heterocycles. The van der Waals surface area contributed by atoms with Crippen molar-refractivity contribution in [1.29, 1.82) is 0 Å². The summed E-state index contributed by atoms with van der Waals surface area (Å²) < 4.78 is 83.0. The van der Waals surface area contributed by atoms with E-state index >= 15 is 0 Å². The summed E-state index contributed by atoms with van der Waals surface area (Å²) in [5, 5.41) is 33.8. The molecule has 0 radical (unpaired) electrons. The lowest BCUT2D eigenvalue weighted by Crippen LogP contribution is -2.52. The number of β-amino-alcohol motifs (C(OH)–C–C–N with tert-alkyl or cyclic N) is 1. The highest BCUT2D eigenvalue weighted by molar-refractivity contribution is 7.99. The maximum atomic E-state index is 13.1. The number of alkyl halides is 4. The van der Waals surface area contributed by atoms with Crippen molar-refractivity contribution >= 4 is 39.2 Å². The van der Waals surface area contributed by atoms with Crippen molar-refractivity contribution in [2.75, 3.05) is 35.6 Å². The predicted octanol–water partition coefficient (Wildman–Crippen LogP) is 2.05. The van der Waals surface area contributed by atoms with E-state index in [-0.39, 0.29) is 46.1 Å². The molecule has 3 atom stereocenters. The molecule has 19 heteroatoms. The molecule has 1 aliphatic heterocycles. The molecular weight excluding hydrogens is 622 g/mol. The number of sulfonamides is 1. The van der Waals surface area contributed by atoms with Gasteiger partial charge in [0.15, 0.2) is 5.03 Å². The molecule has 4 rings (SSSR count). The summed E-state index contributed by atoms with van der Waals surface area (Å²) >= 11 is 0.601. The fraction of sp³-hybridized carbons (Fsp3) is 0.667. The van der Waals surface area contributed by atoms with E-state index < -0.39 is 59.5 Å². The zero-order valence-corrected chi connectivity index (χ0v) is 24.5. The van der Waals surface area contributed by atoms with E-state index in [1.165, 1.54) is 6.07 Å². The van der Waals surface area contributed by atoms with E-state index in [1.807, 2.05) is 4.72 Å². The van der Waals surface area contributed by atoms with Crippen LogP contribution in [0.25, 0.3) is 0 Å². The van der Waals surface area contributed by atoms with Gasteiger partial charge in [0.2, 0.25) is 22.1 Å². The van der Waals surface area contributed by atoms with Crippen LogP contribution in [0.4, 0.5) is 29.1 Å². The SMILES string of the molecule is O=C(N[C@@H](C1CCCCC1)[C@H](O)Nc1cc(N2CC[C@H](O)C2)c(S(=O)(=O)NCC(F)F)cn1)c1nonc1SCC(F)F. The molecule has 2 aliphatic rings.